The summed E-state index contributed by atoms with van der Waals surface area (Å²) < 4.78 is 12.4. The largest absolute Gasteiger partial charge is 0.372 e. The Morgan fingerprint density at radius 3 is 2.29 bits per heavy atom. The first-order valence-corrected chi connectivity index (χ1v) is 16.0. The van der Waals surface area contributed by atoms with E-state index in [0.29, 0.717) is 22.4 Å². The van der Waals surface area contributed by atoms with Gasteiger partial charge in [-0.15, -0.1) is 0 Å². The quantitative estimate of drug-likeness (QED) is 0.174. The molecule has 2 aromatic carbocycles. The standard InChI is InChI=1S/C34H45ClN4O2/c1-3-5-20-40-34(41-21-6-4-2)26-14-16-38(17-15-26)29-9-7-8-27(22-29)25-12-18-39(19-13-25)31-11-10-30(35)32-28(23-36)24-37-33(31)32/h7-11,22,24-26,34,37H,3-6,12-21H2,1-2H3. The van der Waals surface area contributed by atoms with Gasteiger partial charge in [-0.2, -0.15) is 5.26 Å². The molecule has 2 aliphatic heterocycles. The number of unbranched alkanes of at least 4 members (excludes halogenated alkanes) is 2. The molecule has 3 heterocycles. The smallest absolute Gasteiger partial charge is 0.160 e. The number of halogens is 1. The summed E-state index contributed by atoms with van der Waals surface area (Å²) in [6, 6.07) is 15.5. The van der Waals surface area contributed by atoms with Crippen molar-refractivity contribution < 1.29 is 9.47 Å². The maximum absolute atomic E-state index is 9.49. The lowest BCUT2D eigenvalue weighted by Gasteiger charge is -2.37. The zero-order valence-electron chi connectivity index (χ0n) is 24.7. The fraction of sp³-hybridized carbons (Fsp3) is 0.559. The number of H-pyrrole nitrogens is 1. The molecule has 0 radical (unpaired) electrons. The van der Waals surface area contributed by atoms with Gasteiger partial charge in [0.05, 0.1) is 21.8 Å². The number of piperidine rings is 2. The van der Waals surface area contributed by atoms with E-state index in [1.54, 1.807) is 6.20 Å². The average molecular weight is 577 g/mol. The van der Waals surface area contributed by atoms with Gasteiger partial charge in [0, 0.05) is 62.6 Å². The summed E-state index contributed by atoms with van der Waals surface area (Å²) in [4.78, 5) is 8.28. The molecule has 41 heavy (non-hydrogen) atoms. The lowest BCUT2D eigenvalue weighted by molar-refractivity contribution is -0.177. The lowest BCUT2D eigenvalue weighted by Crippen LogP contribution is -2.40. The third-order valence-electron chi connectivity index (χ3n) is 8.91. The molecule has 0 bridgehead atoms. The molecule has 2 saturated heterocycles. The molecule has 0 atom stereocenters. The Morgan fingerprint density at radius 1 is 0.951 bits per heavy atom. The minimum Gasteiger partial charge on any atom is -0.372 e. The van der Waals surface area contributed by atoms with Gasteiger partial charge in [0.1, 0.15) is 6.07 Å². The van der Waals surface area contributed by atoms with Crippen molar-refractivity contribution in [2.45, 2.75) is 77.4 Å². The van der Waals surface area contributed by atoms with Crippen LogP contribution >= 0.6 is 11.6 Å². The summed E-state index contributed by atoms with van der Waals surface area (Å²) >= 11 is 6.44. The Morgan fingerprint density at radius 2 is 1.63 bits per heavy atom. The lowest BCUT2D eigenvalue weighted by atomic mass is 9.88. The van der Waals surface area contributed by atoms with Crippen LogP contribution in [-0.4, -0.2) is 50.7 Å². The monoisotopic (exact) mass is 576 g/mol. The summed E-state index contributed by atoms with van der Waals surface area (Å²) in [5.41, 5.74) is 5.49. The van der Waals surface area contributed by atoms with Crippen molar-refractivity contribution >= 4 is 33.9 Å². The van der Waals surface area contributed by atoms with Crippen LogP contribution in [-0.2, 0) is 9.47 Å². The fourth-order valence-corrected chi connectivity index (χ4v) is 6.67. The molecular formula is C34H45ClN4O2. The van der Waals surface area contributed by atoms with Gasteiger partial charge in [-0.05, 0) is 74.3 Å². The van der Waals surface area contributed by atoms with Gasteiger partial charge >= 0.3 is 0 Å². The van der Waals surface area contributed by atoms with E-state index >= 15 is 0 Å². The van der Waals surface area contributed by atoms with Crippen LogP contribution in [0, 0.1) is 17.2 Å². The maximum Gasteiger partial charge on any atom is 0.160 e. The van der Waals surface area contributed by atoms with E-state index in [4.69, 9.17) is 21.1 Å². The second-order valence-electron chi connectivity index (χ2n) is 11.6. The van der Waals surface area contributed by atoms with E-state index in [1.165, 1.54) is 11.3 Å². The van der Waals surface area contributed by atoms with Crippen LogP contribution in [0.1, 0.15) is 82.3 Å². The van der Waals surface area contributed by atoms with Crippen molar-refractivity contribution in [1.82, 2.24) is 4.98 Å². The molecule has 3 aromatic rings. The highest BCUT2D eigenvalue weighted by atomic mass is 35.5. The third-order valence-corrected chi connectivity index (χ3v) is 9.23. The molecule has 0 amide bonds. The van der Waals surface area contributed by atoms with Gasteiger partial charge in [-0.3, -0.25) is 0 Å². The van der Waals surface area contributed by atoms with Crippen molar-refractivity contribution in [2.24, 2.45) is 5.92 Å². The van der Waals surface area contributed by atoms with Crippen molar-refractivity contribution in [2.75, 3.05) is 49.2 Å². The van der Waals surface area contributed by atoms with E-state index in [-0.39, 0.29) is 6.29 Å². The number of nitrogens with zero attached hydrogens (tertiary/aromatic N) is 3. The van der Waals surface area contributed by atoms with E-state index in [0.717, 1.165) is 107 Å². The predicted molar refractivity (Wildman–Crippen MR) is 169 cm³/mol. The highest BCUT2D eigenvalue weighted by Gasteiger charge is 2.29. The van der Waals surface area contributed by atoms with Crippen LogP contribution in [0.4, 0.5) is 11.4 Å². The molecule has 220 valence electrons. The second kappa shape index (κ2) is 14.4. The zero-order chi connectivity index (χ0) is 28.6. The average Bonchev–Trinajstić information content (AvgIpc) is 3.46. The predicted octanol–water partition coefficient (Wildman–Crippen LogP) is 8.25. The minimum absolute atomic E-state index is 0.0638. The van der Waals surface area contributed by atoms with E-state index in [1.807, 2.05) is 6.07 Å². The molecule has 6 nitrogen and oxygen atoms in total. The molecular weight excluding hydrogens is 532 g/mol. The van der Waals surface area contributed by atoms with Crippen molar-refractivity contribution in [3.05, 3.63) is 58.7 Å². The number of nitriles is 1. The van der Waals surface area contributed by atoms with Gasteiger partial charge in [0.2, 0.25) is 0 Å². The SMILES string of the molecule is CCCCOC(OCCCC)C1CCN(c2cccc(C3CCN(c4ccc(Cl)c5c(C#N)c[nH]c45)CC3)c2)CC1. The zero-order valence-corrected chi connectivity index (χ0v) is 25.5. The number of ether oxygens (including phenoxy) is 2. The normalized spacial score (nSPS) is 17.0. The van der Waals surface area contributed by atoms with Gasteiger partial charge in [-0.25, -0.2) is 0 Å². The van der Waals surface area contributed by atoms with Gasteiger partial charge in [0.25, 0.3) is 0 Å². The number of anilines is 2. The highest BCUT2D eigenvalue weighted by molar-refractivity contribution is 6.36. The number of nitrogens with one attached hydrogen (secondary N) is 1. The first kappa shape index (κ1) is 29.8. The topological polar surface area (TPSA) is 64.5 Å². The number of aromatic amines is 1. The summed E-state index contributed by atoms with van der Waals surface area (Å²) in [6.45, 7) is 10.1. The number of rotatable bonds is 12. The summed E-state index contributed by atoms with van der Waals surface area (Å²) in [5.74, 6) is 1.02. The summed E-state index contributed by atoms with van der Waals surface area (Å²) in [5, 5.41) is 10.9. The van der Waals surface area contributed by atoms with E-state index in [9.17, 15) is 5.26 Å². The van der Waals surface area contributed by atoms with Crippen LogP contribution in [0.2, 0.25) is 5.02 Å². The number of hydrogen-bond donors (Lipinski definition) is 1. The molecule has 0 unspecified atom stereocenters. The second-order valence-corrected chi connectivity index (χ2v) is 12.0. The first-order valence-electron chi connectivity index (χ1n) is 15.7. The maximum atomic E-state index is 9.49. The number of aromatic nitrogens is 1. The number of fused-ring (bicyclic) bond motifs is 1. The van der Waals surface area contributed by atoms with Crippen LogP contribution in [0.5, 0.6) is 0 Å². The van der Waals surface area contributed by atoms with Crippen LogP contribution < -0.4 is 9.80 Å². The molecule has 0 saturated carbocycles. The van der Waals surface area contributed by atoms with Gasteiger partial charge < -0.3 is 24.3 Å². The number of benzene rings is 2. The Balaban J connectivity index is 1.18. The molecule has 1 aromatic heterocycles. The van der Waals surface area contributed by atoms with Crippen molar-refractivity contribution in [3.8, 4) is 6.07 Å². The molecule has 2 aliphatic rings. The third kappa shape index (κ3) is 7.02. The Hall–Kier alpha value is -2.72. The molecule has 2 fully saturated rings. The Kier molecular flexibility index (Phi) is 10.5. The summed E-state index contributed by atoms with van der Waals surface area (Å²) in [6.07, 6.45) is 10.6. The molecule has 0 aliphatic carbocycles. The number of hydrogen-bond acceptors (Lipinski definition) is 5. The van der Waals surface area contributed by atoms with Crippen molar-refractivity contribution in [3.63, 3.8) is 0 Å². The molecule has 5 rings (SSSR count). The van der Waals surface area contributed by atoms with Gasteiger partial charge in [-0.1, -0.05) is 50.4 Å². The van der Waals surface area contributed by atoms with Crippen molar-refractivity contribution in [1.29, 1.82) is 5.26 Å². The molecule has 0 spiro atoms. The molecule has 1 N–H and O–H groups in total. The Labute approximate surface area is 250 Å². The van der Waals surface area contributed by atoms with Crippen LogP contribution in [0.15, 0.2) is 42.6 Å². The Bertz CT molecular complexity index is 1290. The highest BCUT2D eigenvalue weighted by Crippen LogP contribution is 2.38. The van der Waals surface area contributed by atoms with Gasteiger partial charge in [0.15, 0.2) is 6.29 Å². The van der Waals surface area contributed by atoms with E-state index < -0.39 is 0 Å². The van der Waals surface area contributed by atoms with Crippen LogP contribution in [0.25, 0.3) is 10.9 Å². The molecule has 7 heteroatoms. The minimum atomic E-state index is -0.0638. The van der Waals surface area contributed by atoms with E-state index in [2.05, 4.69) is 65.0 Å². The fourth-order valence-electron chi connectivity index (χ4n) is 6.41. The first-order chi connectivity index (χ1) is 20.1. The summed E-state index contributed by atoms with van der Waals surface area (Å²) in [7, 11) is 0. The van der Waals surface area contributed by atoms with Crippen LogP contribution in [0.3, 0.4) is 0 Å².